The van der Waals surface area contributed by atoms with Gasteiger partial charge in [0.2, 0.25) is 0 Å². The number of nitrogen functional groups attached to an aromatic ring is 1. The molecule has 0 radical (unpaired) electrons. The number of aromatic nitrogens is 1. The molecule has 0 spiro atoms. The number of pyridine rings is 1. The van der Waals surface area contributed by atoms with Gasteiger partial charge in [-0.25, -0.2) is 0 Å². The van der Waals surface area contributed by atoms with Crippen LogP contribution in [0.5, 0.6) is 0 Å². The third kappa shape index (κ3) is 1.26. The van der Waals surface area contributed by atoms with Crippen molar-refractivity contribution in [2.75, 3.05) is 5.73 Å². The molecule has 1 aromatic heterocycles. The van der Waals surface area contributed by atoms with E-state index >= 15 is 0 Å². The lowest BCUT2D eigenvalue weighted by Gasteiger charge is -2.08. The van der Waals surface area contributed by atoms with Crippen molar-refractivity contribution in [1.82, 2.24) is 4.98 Å². The summed E-state index contributed by atoms with van der Waals surface area (Å²) >= 11 is 3.52. The molecule has 0 amide bonds. The minimum Gasteiger partial charge on any atom is -0.398 e. The Kier molecular flexibility index (Phi) is 1.96. The Morgan fingerprint density at radius 2 is 2.13 bits per heavy atom. The van der Waals surface area contributed by atoms with Crippen LogP contribution in [0.15, 0.2) is 22.7 Å². The van der Waals surface area contributed by atoms with Gasteiger partial charge < -0.3 is 5.73 Å². The SMILES string of the molecule is Nc1c2c(nc3c(Br)cccc13)CCC2. The molecule has 2 nitrogen and oxygen atoms in total. The normalized spacial score (nSPS) is 14.5. The highest BCUT2D eigenvalue weighted by molar-refractivity contribution is 9.10. The van der Waals surface area contributed by atoms with E-state index in [-0.39, 0.29) is 0 Å². The highest BCUT2D eigenvalue weighted by Crippen LogP contribution is 2.34. The molecular weight excluding hydrogens is 252 g/mol. The van der Waals surface area contributed by atoms with Crippen LogP contribution in [0, 0.1) is 0 Å². The van der Waals surface area contributed by atoms with Crippen molar-refractivity contribution in [3.63, 3.8) is 0 Å². The van der Waals surface area contributed by atoms with Gasteiger partial charge in [0.15, 0.2) is 0 Å². The zero-order chi connectivity index (χ0) is 10.4. The van der Waals surface area contributed by atoms with Crippen LogP contribution in [-0.2, 0) is 12.8 Å². The van der Waals surface area contributed by atoms with Crippen LogP contribution < -0.4 is 5.73 Å². The molecule has 0 bridgehead atoms. The second-order valence-electron chi connectivity index (χ2n) is 3.94. The molecule has 1 aliphatic carbocycles. The number of anilines is 1. The Morgan fingerprint density at radius 3 is 3.00 bits per heavy atom. The summed E-state index contributed by atoms with van der Waals surface area (Å²) in [4.78, 5) is 4.69. The summed E-state index contributed by atoms with van der Waals surface area (Å²) in [6.07, 6.45) is 3.33. The van der Waals surface area contributed by atoms with E-state index in [0.29, 0.717) is 0 Å². The molecule has 0 aliphatic heterocycles. The molecule has 1 aliphatic rings. The maximum atomic E-state index is 6.18. The van der Waals surface area contributed by atoms with Crippen LogP contribution in [0.4, 0.5) is 5.69 Å². The Bertz CT molecular complexity index is 549. The molecule has 3 heteroatoms. The average Bonchev–Trinajstić information content (AvgIpc) is 2.68. The van der Waals surface area contributed by atoms with Gasteiger partial charge in [0, 0.05) is 21.2 Å². The van der Waals surface area contributed by atoms with E-state index in [1.165, 1.54) is 17.7 Å². The van der Waals surface area contributed by atoms with Crippen LogP contribution in [-0.4, -0.2) is 4.98 Å². The number of nitrogens with two attached hydrogens (primary N) is 1. The van der Waals surface area contributed by atoms with E-state index in [2.05, 4.69) is 20.9 Å². The summed E-state index contributed by atoms with van der Waals surface area (Å²) in [6.45, 7) is 0. The zero-order valence-corrected chi connectivity index (χ0v) is 9.84. The fourth-order valence-corrected chi connectivity index (χ4v) is 2.74. The maximum Gasteiger partial charge on any atom is 0.0868 e. The third-order valence-corrected chi connectivity index (χ3v) is 3.68. The van der Waals surface area contributed by atoms with Crippen molar-refractivity contribution in [1.29, 1.82) is 0 Å². The number of benzene rings is 1. The highest BCUT2D eigenvalue weighted by atomic mass is 79.9. The van der Waals surface area contributed by atoms with E-state index in [1.807, 2.05) is 18.2 Å². The Labute approximate surface area is 96.6 Å². The van der Waals surface area contributed by atoms with Crippen molar-refractivity contribution in [2.45, 2.75) is 19.3 Å². The first-order chi connectivity index (χ1) is 7.27. The van der Waals surface area contributed by atoms with Crippen molar-refractivity contribution in [2.24, 2.45) is 0 Å². The quantitative estimate of drug-likeness (QED) is 0.793. The Balaban J connectivity index is 2.46. The van der Waals surface area contributed by atoms with Crippen LogP contribution in [0.1, 0.15) is 17.7 Å². The minimum atomic E-state index is 0.925. The van der Waals surface area contributed by atoms with Crippen molar-refractivity contribution in [3.8, 4) is 0 Å². The second-order valence-corrected chi connectivity index (χ2v) is 4.79. The molecule has 0 saturated carbocycles. The van der Waals surface area contributed by atoms with Gasteiger partial charge in [0.1, 0.15) is 0 Å². The van der Waals surface area contributed by atoms with Crippen LogP contribution >= 0.6 is 15.9 Å². The first kappa shape index (κ1) is 9.16. The monoisotopic (exact) mass is 262 g/mol. The summed E-state index contributed by atoms with van der Waals surface area (Å²) in [5, 5.41) is 1.07. The first-order valence-electron chi connectivity index (χ1n) is 5.13. The predicted molar refractivity (Wildman–Crippen MR) is 65.9 cm³/mol. The van der Waals surface area contributed by atoms with Gasteiger partial charge in [-0.1, -0.05) is 12.1 Å². The van der Waals surface area contributed by atoms with Gasteiger partial charge in [-0.2, -0.15) is 0 Å². The van der Waals surface area contributed by atoms with E-state index in [0.717, 1.165) is 33.9 Å². The van der Waals surface area contributed by atoms with Crippen molar-refractivity contribution >= 4 is 32.5 Å². The second kappa shape index (κ2) is 3.20. The number of halogens is 1. The molecule has 1 heterocycles. The van der Waals surface area contributed by atoms with Gasteiger partial charge in [-0.3, -0.25) is 4.98 Å². The summed E-state index contributed by atoms with van der Waals surface area (Å²) in [7, 11) is 0. The number of rotatable bonds is 0. The lowest BCUT2D eigenvalue weighted by Crippen LogP contribution is -1.98. The Hall–Kier alpha value is -1.09. The number of hydrogen-bond donors (Lipinski definition) is 1. The number of fused-ring (bicyclic) bond motifs is 2. The molecule has 1 aromatic carbocycles. The molecule has 0 saturated heterocycles. The topological polar surface area (TPSA) is 38.9 Å². The predicted octanol–water partition coefficient (Wildman–Crippen LogP) is 3.07. The van der Waals surface area contributed by atoms with Crippen molar-refractivity contribution in [3.05, 3.63) is 33.9 Å². The molecule has 3 rings (SSSR count). The van der Waals surface area contributed by atoms with Crippen molar-refractivity contribution < 1.29 is 0 Å². The molecule has 0 fully saturated rings. The van der Waals surface area contributed by atoms with Gasteiger partial charge in [-0.05, 0) is 46.8 Å². The van der Waals surface area contributed by atoms with Gasteiger partial charge in [-0.15, -0.1) is 0 Å². The highest BCUT2D eigenvalue weighted by Gasteiger charge is 2.18. The summed E-state index contributed by atoms with van der Waals surface area (Å²) in [6, 6.07) is 6.06. The van der Waals surface area contributed by atoms with Gasteiger partial charge in [0.25, 0.3) is 0 Å². The number of para-hydroxylation sites is 1. The fourth-order valence-electron chi connectivity index (χ4n) is 2.29. The smallest absolute Gasteiger partial charge is 0.0868 e. The lowest BCUT2D eigenvalue weighted by molar-refractivity contribution is 0.901. The standard InChI is InChI=1S/C12H11BrN2/c13-9-5-1-4-8-11(14)7-3-2-6-10(7)15-12(8)9/h1,4-5H,2-3,6H2,(H2,14,15). The number of aryl methyl sites for hydroxylation is 1. The van der Waals surface area contributed by atoms with E-state index in [1.54, 1.807) is 0 Å². The molecule has 76 valence electrons. The van der Waals surface area contributed by atoms with E-state index in [9.17, 15) is 0 Å². The van der Waals surface area contributed by atoms with E-state index < -0.39 is 0 Å². The molecule has 0 unspecified atom stereocenters. The fraction of sp³-hybridized carbons (Fsp3) is 0.250. The van der Waals surface area contributed by atoms with Gasteiger partial charge >= 0.3 is 0 Å². The van der Waals surface area contributed by atoms with E-state index in [4.69, 9.17) is 5.73 Å². The molecule has 2 aromatic rings. The number of nitrogens with zero attached hydrogens (tertiary/aromatic N) is 1. The first-order valence-corrected chi connectivity index (χ1v) is 5.92. The van der Waals surface area contributed by atoms with Crippen LogP contribution in [0.3, 0.4) is 0 Å². The molecule has 2 N–H and O–H groups in total. The summed E-state index contributed by atoms with van der Waals surface area (Å²) in [5.74, 6) is 0. The Morgan fingerprint density at radius 1 is 1.27 bits per heavy atom. The lowest BCUT2D eigenvalue weighted by atomic mass is 10.1. The summed E-state index contributed by atoms with van der Waals surface area (Å²) in [5.41, 5.74) is 10.6. The summed E-state index contributed by atoms with van der Waals surface area (Å²) < 4.78 is 1.03. The third-order valence-electron chi connectivity index (χ3n) is 3.04. The minimum absolute atomic E-state index is 0.925. The van der Waals surface area contributed by atoms with Crippen LogP contribution in [0.25, 0.3) is 10.9 Å². The number of hydrogen-bond acceptors (Lipinski definition) is 2. The van der Waals surface area contributed by atoms with Crippen LogP contribution in [0.2, 0.25) is 0 Å². The molecule has 0 atom stereocenters. The van der Waals surface area contributed by atoms with Gasteiger partial charge in [0.05, 0.1) is 5.52 Å². The molecular formula is C12H11BrN2. The molecule has 15 heavy (non-hydrogen) atoms. The largest absolute Gasteiger partial charge is 0.398 e. The zero-order valence-electron chi connectivity index (χ0n) is 8.26. The maximum absolute atomic E-state index is 6.18. The average molecular weight is 263 g/mol.